The first-order chi connectivity index (χ1) is 14.4. The molecule has 0 atom stereocenters. The number of anilines is 1. The number of hydrogen-bond donors (Lipinski definition) is 1. The maximum absolute atomic E-state index is 13.3. The fourth-order valence-electron chi connectivity index (χ4n) is 3.69. The summed E-state index contributed by atoms with van der Waals surface area (Å²) in [4.78, 5) is 32.0. The molecular formula is C25H23N3O2. The fraction of sp³-hybridized carbons (Fsp3) is 0.160. The molecule has 2 heterocycles. The molecule has 0 radical (unpaired) electrons. The summed E-state index contributed by atoms with van der Waals surface area (Å²) < 4.78 is 0. The van der Waals surface area contributed by atoms with E-state index in [0.29, 0.717) is 11.3 Å². The number of nitrogens with zero attached hydrogens (tertiary/aromatic N) is 2. The van der Waals surface area contributed by atoms with Crippen molar-refractivity contribution in [2.24, 2.45) is 0 Å². The minimum absolute atomic E-state index is 0.179. The number of carbonyl (C=O) groups excluding carboxylic acids is 2. The average Bonchev–Trinajstić information content (AvgIpc) is 2.93. The van der Waals surface area contributed by atoms with Gasteiger partial charge in [0, 0.05) is 18.1 Å². The van der Waals surface area contributed by atoms with E-state index in [9.17, 15) is 9.59 Å². The predicted octanol–water partition coefficient (Wildman–Crippen LogP) is 4.40. The van der Waals surface area contributed by atoms with Crippen LogP contribution in [0.5, 0.6) is 0 Å². The summed E-state index contributed by atoms with van der Waals surface area (Å²) in [6.07, 6.45) is 3.33. The highest BCUT2D eigenvalue weighted by molar-refractivity contribution is 6.36. The Labute approximate surface area is 176 Å². The molecule has 3 aromatic rings. The van der Waals surface area contributed by atoms with Gasteiger partial charge in [-0.2, -0.15) is 0 Å². The molecule has 0 saturated carbocycles. The first-order valence-electron chi connectivity index (χ1n) is 9.84. The predicted molar refractivity (Wildman–Crippen MR) is 117 cm³/mol. The monoisotopic (exact) mass is 397 g/mol. The Balaban J connectivity index is 1.76. The van der Waals surface area contributed by atoms with Crippen molar-refractivity contribution in [2.45, 2.75) is 27.3 Å². The standard InChI is InChI=1S/C25H23N3O2/c1-16-6-8-20(9-7-16)22-23(27-21-12-17(2)11-18(3)13-21)25(30)28(24(22)29)15-19-5-4-10-26-14-19/h4-14,27H,15H2,1-3H3. The maximum Gasteiger partial charge on any atom is 0.278 e. The van der Waals surface area contributed by atoms with Crippen LogP contribution in [0.15, 0.2) is 72.7 Å². The zero-order chi connectivity index (χ0) is 21.3. The second-order valence-electron chi connectivity index (χ2n) is 7.68. The van der Waals surface area contributed by atoms with Gasteiger partial charge in [-0.05, 0) is 61.2 Å². The number of pyridine rings is 1. The largest absolute Gasteiger partial charge is 0.350 e. The van der Waals surface area contributed by atoms with Crippen molar-refractivity contribution in [1.29, 1.82) is 0 Å². The Kier molecular flexibility index (Phi) is 5.19. The molecule has 1 aromatic heterocycles. The number of benzene rings is 2. The summed E-state index contributed by atoms with van der Waals surface area (Å²) in [5.74, 6) is -0.641. The number of nitrogens with one attached hydrogen (secondary N) is 1. The first kappa shape index (κ1) is 19.6. The Morgan fingerprint density at radius 1 is 0.867 bits per heavy atom. The van der Waals surface area contributed by atoms with Crippen molar-refractivity contribution < 1.29 is 9.59 Å². The molecule has 30 heavy (non-hydrogen) atoms. The van der Waals surface area contributed by atoms with Crippen LogP contribution in [-0.4, -0.2) is 21.7 Å². The van der Waals surface area contributed by atoms with Gasteiger partial charge in [0.15, 0.2) is 0 Å². The topological polar surface area (TPSA) is 62.3 Å². The summed E-state index contributed by atoms with van der Waals surface area (Å²) in [6, 6.07) is 17.3. The van der Waals surface area contributed by atoms with Crippen molar-refractivity contribution in [2.75, 3.05) is 5.32 Å². The van der Waals surface area contributed by atoms with Gasteiger partial charge in [-0.1, -0.05) is 42.0 Å². The molecular weight excluding hydrogens is 374 g/mol. The molecule has 1 aliphatic rings. The Bertz CT molecular complexity index is 1130. The highest BCUT2D eigenvalue weighted by atomic mass is 16.2. The van der Waals surface area contributed by atoms with E-state index in [1.165, 1.54) is 4.90 Å². The molecule has 0 spiro atoms. The molecule has 0 aliphatic carbocycles. The van der Waals surface area contributed by atoms with Gasteiger partial charge in [-0.15, -0.1) is 0 Å². The van der Waals surface area contributed by atoms with E-state index in [-0.39, 0.29) is 18.4 Å². The molecule has 5 heteroatoms. The third kappa shape index (κ3) is 3.87. The minimum Gasteiger partial charge on any atom is -0.350 e. The van der Waals surface area contributed by atoms with Crippen LogP contribution in [0.2, 0.25) is 0 Å². The van der Waals surface area contributed by atoms with Gasteiger partial charge < -0.3 is 5.32 Å². The van der Waals surface area contributed by atoms with Gasteiger partial charge >= 0.3 is 0 Å². The summed E-state index contributed by atoms with van der Waals surface area (Å²) >= 11 is 0. The Morgan fingerprint density at radius 3 is 2.20 bits per heavy atom. The van der Waals surface area contributed by atoms with Crippen LogP contribution < -0.4 is 5.32 Å². The quantitative estimate of drug-likeness (QED) is 0.648. The molecule has 1 aliphatic heterocycles. The number of aryl methyl sites for hydroxylation is 3. The maximum atomic E-state index is 13.3. The highest BCUT2D eigenvalue weighted by Gasteiger charge is 2.39. The van der Waals surface area contributed by atoms with Gasteiger partial charge in [-0.3, -0.25) is 19.5 Å². The minimum atomic E-state index is -0.335. The molecule has 0 saturated heterocycles. The van der Waals surface area contributed by atoms with Gasteiger partial charge in [0.25, 0.3) is 11.8 Å². The molecule has 0 unspecified atom stereocenters. The first-order valence-corrected chi connectivity index (χ1v) is 9.84. The molecule has 2 amide bonds. The van der Waals surface area contributed by atoms with Crippen LogP contribution in [0, 0.1) is 20.8 Å². The molecule has 5 nitrogen and oxygen atoms in total. The highest BCUT2D eigenvalue weighted by Crippen LogP contribution is 2.32. The number of rotatable bonds is 5. The van der Waals surface area contributed by atoms with E-state index >= 15 is 0 Å². The molecule has 4 rings (SSSR count). The van der Waals surface area contributed by atoms with Gasteiger partial charge in [0.2, 0.25) is 0 Å². The Morgan fingerprint density at radius 2 is 1.57 bits per heavy atom. The molecule has 150 valence electrons. The van der Waals surface area contributed by atoms with E-state index in [0.717, 1.165) is 33.5 Å². The summed E-state index contributed by atoms with van der Waals surface area (Å²) in [7, 11) is 0. The van der Waals surface area contributed by atoms with E-state index in [2.05, 4.69) is 16.4 Å². The second-order valence-corrected chi connectivity index (χ2v) is 7.68. The summed E-state index contributed by atoms with van der Waals surface area (Å²) in [6.45, 7) is 6.18. The van der Waals surface area contributed by atoms with E-state index in [1.54, 1.807) is 18.5 Å². The lowest BCUT2D eigenvalue weighted by Gasteiger charge is -2.15. The summed E-state index contributed by atoms with van der Waals surface area (Å²) in [5, 5.41) is 3.23. The third-order valence-electron chi connectivity index (χ3n) is 5.06. The van der Waals surface area contributed by atoms with Crippen LogP contribution >= 0.6 is 0 Å². The average molecular weight is 397 g/mol. The van der Waals surface area contributed by atoms with E-state index < -0.39 is 0 Å². The van der Waals surface area contributed by atoms with Crippen molar-refractivity contribution in [3.05, 3.63) is 101 Å². The van der Waals surface area contributed by atoms with Crippen molar-refractivity contribution in [3.63, 3.8) is 0 Å². The number of aromatic nitrogens is 1. The number of amides is 2. The van der Waals surface area contributed by atoms with Crippen LogP contribution in [0.25, 0.3) is 5.57 Å². The number of carbonyl (C=O) groups is 2. The molecule has 1 N–H and O–H groups in total. The van der Waals surface area contributed by atoms with E-state index in [1.807, 2.05) is 63.2 Å². The Hall–Kier alpha value is -3.73. The van der Waals surface area contributed by atoms with Gasteiger partial charge in [-0.25, -0.2) is 0 Å². The number of hydrogen-bond acceptors (Lipinski definition) is 4. The van der Waals surface area contributed by atoms with Crippen molar-refractivity contribution >= 4 is 23.1 Å². The van der Waals surface area contributed by atoms with Gasteiger partial charge in [0.1, 0.15) is 5.70 Å². The summed E-state index contributed by atoms with van der Waals surface area (Å²) in [5.41, 5.74) is 6.26. The molecule has 0 bridgehead atoms. The second kappa shape index (κ2) is 7.95. The van der Waals surface area contributed by atoms with Crippen LogP contribution in [0.3, 0.4) is 0 Å². The lowest BCUT2D eigenvalue weighted by atomic mass is 10.0. The lowest BCUT2D eigenvalue weighted by Crippen LogP contribution is -2.32. The third-order valence-corrected chi connectivity index (χ3v) is 5.06. The number of imide groups is 1. The van der Waals surface area contributed by atoms with Crippen molar-refractivity contribution in [1.82, 2.24) is 9.88 Å². The van der Waals surface area contributed by atoms with E-state index in [4.69, 9.17) is 0 Å². The lowest BCUT2D eigenvalue weighted by molar-refractivity contribution is -0.137. The SMILES string of the molecule is Cc1ccc(C2=C(Nc3cc(C)cc(C)c3)C(=O)N(Cc3cccnc3)C2=O)cc1. The normalized spacial score (nSPS) is 13.9. The van der Waals surface area contributed by atoms with Crippen LogP contribution in [0.4, 0.5) is 5.69 Å². The van der Waals surface area contributed by atoms with Gasteiger partial charge in [0.05, 0.1) is 12.1 Å². The fourth-order valence-corrected chi connectivity index (χ4v) is 3.69. The van der Waals surface area contributed by atoms with Crippen molar-refractivity contribution in [3.8, 4) is 0 Å². The molecule has 2 aromatic carbocycles. The zero-order valence-corrected chi connectivity index (χ0v) is 17.3. The smallest absolute Gasteiger partial charge is 0.278 e. The molecule has 0 fully saturated rings. The van der Waals surface area contributed by atoms with Crippen LogP contribution in [-0.2, 0) is 16.1 Å². The van der Waals surface area contributed by atoms with Crippen LogP contribution in [0.1, 0.15) is 27.8 Å². The zero-order valence-electron chi connectivity index (χ0n) is 17.3.